The lowest BCUT2D eigenvalue weighted by Crippen LogP contribution is -2.43. The van der Waals surface area contributed by atoms with Crippen LogP contribution in [0.2, 0.25) is 0 Å². The van der Waals surface area contributed by atoms with Crippen molar-refractivity contribution in [1.82, 2.24) is 9.55 Å². The van der Waals surface area contributed by atoms with Crippen molar-refractivity contribution in [3.8, 4) is 0 Å². The summed E-state index contributed by atoms with van der Waals surface area (Å²) < 4.78 is 2.20. The molecule has 1 aliphatic heterocycles. The van der Waals surface area contributed by atoms with E-state index in [1.54, 1.807) is 0 Å². The van der Waals surface area contributed by atoms with E-state index < -0.39 is 0 Å². The second kappa shape index (κ2) is 4.45. The average Bonchev–Trinajstić information content (AvgIpc) is 2.78. The minimum absolute atomic E-state index is 0.333. The summed E-state index contributed by atoms with van der Waals surface area (Å²) in [5.41, 5.74) is 6.15. The van der Waals surface area contributed by atoms with Crippen molar-refractivity contribution in [2.24, 2.45) is 11.1 Å². The zero-order valence-electron chi connectivity index (χ0n) is 10.3. The maximum atomic E-state index is 5.82. The van der Waals surface area contributed by atoms with Gasteiger partial charge in [-0.05, 0) is 31.7 Å². The fourth-order valence-electron chi connectivity index (χ4n) is 2.28. The zero-order valence-corrected chi connectivity index (χ0v) is 10.3. The highest BCUT2D eigenvalue weighted by Gasteiger charge is 2.29. The van der Waals surface area contributed by atoms with E-state index in [9.17, 15) is 0 Å². The van der Waals surface area contributed by atoms with Gasteiger partial charge in [-0.2, -0.15) is 0 Å². The Bertz CT molecular complexity index is 337. The van der Waals surface area contributed by atoms with Crippen LogP contribution in [-0.4, -0.2) is 29.2 Å². The largest absolute Gasteiger partial charge is 0.342 e. The van der Waals surface area contributed by atoms with Crippen LogP contribution in [0.3, 0.4) is 0 Å². The van der Waals surface area contributed by atoms with Crippen LogP contribution >= 0.6 is 0 Å². The molecule has 0 atom stereocenters. The minimum Gasteiger partial charge on any atom is -0.342 e. The number of hydrogen-bond acceptors (Lipinski definition) is 3. The van der Waals surface area contributed by atoms with E-state index in [-0.39, 0.29) is 0 Å². The number of anilines is 1. The normalized spacial score (nSPS) is 20.1. The molecular formula is C12H22N4. The number of aryl methyl sites for hydroxylation is 1. The van der Waals surface area contributed by atoms with Crippen molar-refractivity contribution in [2.45, 2.75) is 33.2 Å². The highest BCUT2D eigenvalue weighted by Crippen LogP contribution is 2.31. The predicted octanol–water partition coefficient (Wildman–Crippen LogP) is 1.47. The number of nitrogens with two attached hydrogens (primary N) is 1. The molecule has 1 fully saturated rings. The van der Waals surface area contributed by atoms with E-state index in [4.69, 9.17) is 5.73 Å². The Morgan fingerprint density at radius 2 is 2.12 bits per heavy atom. The van der Waals surface area contributed by atoms with E-state index in [0.29, 0.717) is 5.41 Å². The molecule has 0 amide bonds. The second-order valence-corrected chi connectivity index (χ2v) is 5.02. The molecule has 0 saturated carbocycles. The molecule has 2 N–H and O–H groups in total. The lowest BCUT2D eigenvalue weighted by atomic mass is 9.81. The van der Waals surface area contributed by atoms with Gasteiger partial charge in [0.15, 0.2) is 0 Å². The van der Waals surface area contributed by atoms with Crippen molar-refractivity contribution < 1.29 is 0 Å². The fourth-order valence-corrected chi connectivity index (χ4v) is 2.28. The Morgan fingerprint density at radius 3 is 2.69 bits per heavy atom. The quantitative estimate of drug-likeness (QED) is 0.842. The number of aromatic nitrogens is 2. The van der Waals surface area contributed by atoms with Gasteiger partial charge in [0.05, 0.1) is 0 Å². The van der Waals surface area contributed by atoms with Crippen LogP contribution in [0.1, 0.15) is 26.7 Å². The summed E-state index contributed by atoms with van der Waals surface area (Å²) in [4.78, 5) is 6.82. The number of imidazole rings is 1. The van der Waals surface area contributed by atoms with Crippen molar-refractivity contribution >= 4 is 5.95 Å². The summed E-state index contributed by atoms with van der Waals surface area (Å²) in [5, 5.41) is 0. The van der Waals surface area contributed by atoms with Gasteiger partial charge in [-0.15, -0.1) is 0 Å². The third-order valence-corrected chi connectivity index (χ3v) is 3.78. The van der Waals surface area contributed by atoms with Crippen molar-refractivity contribution in [2.75, 3.05) is 24.5 Å². The van der Waals surface area contributed by atoms with Crippen LogP contribution in [0.4, 0.5) is 5.95 Å². The molecule has 1 saturated heterocycles. The van der Waals surface area contributed by atoms with Gasteiger partial charge in [-0.25, -0.2) is 4.98 Å². The standard InChI is InChI=1S/C12H22N4/c1-3-15-9-6-14-11(15)16-7-4-12(2,10-13)5-8-16/h6,9H,3-5,7-8,10,13H2,1-2H3. The maximum Gasteiger partial charge on any atom is 0.205 e. The molecule has 0 unspecified atom stereocenters. The first-order valence-electron chi connectivity index (χ1n) is 6.15. The summed E-state index contributed by atoms with van der Waals surface area (Å²) in [7, 11) is 0. The Kier molecular flexibility index (Phi) is 3.19. The van der Waals surface area contributed by atoms with Gasteiger partial charge >= 0.3 is 0 Å². The molecule has 90 valence electrons. The second-order valence-electron chi connectivity index (χ2n) is 5.02. The third-order valence-electron chi connectivity index (χ3n) is 3.78. The van der Waals surface area contributed by atoms with Crippen molar-refractivity contribution in [3.63, 3.8) is 0 Å². The van der Waals surface area contributed by atoms with Gasteiger partial charge in [0.25, 0.3) is 0 Å². The Balaban J connectivity index is 2.04. The topological polar surface area (TPSA) is 47.1 Å². The monoisotopic (exact) mass is 222 g/mol. The fraction of sp³-hybridized carbons (Fsp3) is 0.750. The lowest BCUT2D eigenvalue weighted by molar-refractivity contribution is 0.256. The summed E-state index contributed by atoms with van der Waals surface area (Å²) in [5.74, 6) is 1.11. The summed E-state index contributed by atoms with van der Waals surface area (Å²) in [6.07, 6.45) is 6.27. The van der Waals surface area contributed by atoms with E-state index in [1.807, 2.05) is 12.4 Å². The highest BCUT2D eigenvalue weighted by molar-refractivity contribution is 5.32. The van der Waals surface area contributed by atoms with Crippen LogP contribution in [0.25, 0.3) is 0 Å². The van der Waals surface area contributed by atoms with Gasteiger partial charge in [-0.3, -0.25) is 0 Å². The van der Waals surface area contributed by atoms with Crippen LogP contribution in [0.15, 0.2) is 12.4 Å². The van der Waals surface area contributed by atoms with E-state index in [1.165, 1.54) is 12.8 Å². The summed E-state index contributed by atoms with van der Waals surface area (Å²) in [6, 6.07) is 0. The zero-order chi connectivity index (χ0) is 11.6. The number of rotatable bonds is 3. The van der Waals surface area contributed by atoms with Gasteiger partial charge in [0.2, 0.25) is 5.95 Å². The molecule has 0 bridgehead atoms. The summed E-state index contributed by atoms with van der Waals surface area (Å²) >= 11 is 0. The number of piperidine rings is 1. The van der Waals surface area contributed by atoms with Crippen LogP contribution in [-0.2, 0) is 6.54 Å². The molecule has 2 rings (SSSR count). The van der Waals surface area contributed by atoms with Crippen molar-refractivity contribution in [1.29, 1.82) is 0 Å². The first-order chi connectivity index (χ1) is 7.68. The number of nitrogens with zero attached hydrogens (tertiary/aromatic N) is 3. The van der Waals surface area contributed by atoms with Crippen LogP contribution in [0, 0.1) is 5.41 Å². The van der Waals surface area contributed by atoms with Gasteiger partial charge in [0, 0.05) is 32.0 Å². The molecule has 16 heavy (non-hydrogen) atoms. The SMILES string of the molecule is CCn1ccnc1N1CCC(C)(CN)CC1. The molecule has 1 aromatic rings. The molecule has 0 spiro atoms. The van der Waals surface area contributed by atoms with Crippen molar-refractivity contribution in [3.05, 3.63) is 12.4 Å². The van der Waals surface area contributed by atoms with Gasteiger partial charge in [-0.1, -0.05) is 6.92 Å². The molecule has 0 aliphatic carbocycles. The third kappa shape index (κ3) is 2.07. The van der Waals surface area contributed by atoms with E-state index >= 15 is 0 Å². The Labute approximate surface area is 97.4 Å². The van der Waals surface area contributed by atoms with Gasteiger partial charge < -0.3 is 15.2 Å². The van der Waals surface area contributed by atoms with Crippen LogP contribution in [0.5, 0.6) is 0 Å². The minimum atomic E-state index is 0.333. The van der Waals surface area contributed by atoms with Gasteiger partial charge in [0.1, 0.15) is 0 Å². The molecule has 1 aromatic heterocycles. The molecule has 4 heteroatoms. The predicted molar refractivity (Wildman–Crippen MR) is 66.5 cm³/mol. The van der Waals surface area contributed by atoms with E-state index in [0.717, 1.165) is 32.1 Å². The number of hydrogen-bond donors (Lipinski definition) is 1. The highest BCUT2D eigenvalue weighted by atomic mass is 15.3. The molecule has 1 aliphatic rings. The first kappa shape index (κ1) is 11.5. The Morgan fingerprint density at radius 1 is 1.44 bits per heavy atom. The molecule has 4 nitrogen and oxygen atoms in total. The Hall–Kier alpha value is -1.03. The first-order valence-corrected chi connectivity index (χ1v) is 6.15. The average molecular weight is 222 g/mol. The van der Waals surface area contributed by atoms with Crippen LogP contribution < -0.4 is 10.6 Å². The summed E-state index contributed by atoms with van der Waals surface area (Å²) in [6.45, 7) is 8.37. The smallest absolute Gasteiger partial charge is 0.205 e. The molecular weight excluding hydrogens is 200 g/mol. The maximum absolute atomic E-state index is 5.82. The molecule has 0 radical (unpaired) electrons. The van der Waals surface area contributed by atoms with E-state index in [2.05, 4.69) is 28.3 Å². The molecule has 2 heterocycles. The molecule has 0 aromatic carbocycles. The lowest BCUT2D eigenvalue weighted by Gasteiger charge is -2.39.